The molecule has 6 heteroatoms. The summed E-state index contributed by atoms with van der Waals surface area (Å²) < 4.78 is 2.14. The second-order valence-corrected chi connectivity index (χ2v) is 8.88. The van der Waals surface area contributed by atoms with Crippen molar-refractivity contribution in [1.29, 1.82) is 0 Å². The molecule has 0 aliphatic carbocycles. The van der Waals surface area contributed by atoms with Gasteiger partial charge in [-0.1, -0.05) is 47.5 Å². The molecule has 0 fully saturated rings. The molecule has 0 saturated carbocycles. The Hall–Kier alpha value is -2.66. The van der Waals surface area contributed by atoms with E-state index in [4.69, 9.17) is 28.2 Å². The summed E-state index contributed by atoms with van der Waals surface area (Å²) in [7, 11) is 0. The van der Waals surface area contributed by atoms with Gasteiger partial charge in [-0.2, -0.15) is 0 Å². The minimum absolute atomic E-state index is 0.0229. The largest absolute Gasteiger partial charge is 0.296 e. The molecular weight excluding hydrogens is 433 g/mol. The van der Waals surface area contributed by atoms with Gasteiger partial charge in [0.15, 0.2) is 0 Å². The summed E-state index contributed by atoms with van der Waals surface area (Å²) in [6.07, 6.45) is 1.85. The van der Waals surface area contributed by atoms with Crippen LogP contribution in [0.5, 0.6) is 0 Å². The van der Waals surface area contributed by atoms with Crippen molar-refractivity contribution in [2.45, 2.75) is 12.8 Å². The Labute approximate surface area is 188 Å². The summed E-state index contributed by atoms with van der Waals surface area (Å²) in [6.45, 7) is 2.01. The minimum atomic E-state index is 0.0229. The molecule has 30 heavy (non-hydrogen) atoms. The van der Waals surface area contributed by atoms with Crippen LogP contribution in [0.4, 0.5) is 0 Å². The number of thiazole rings is 1. The van der Waals surface area contributed by atoms with Crippen molar-refractivity contribution in [2.75, 3.05) is 0 Å². The van der Waals surface area contributed by atoms with E-state index < -0.39 is 0 Å². The van der Waals surface area contributed by atoms with Gasteiger partial charge in [0.25, 0.3) is 0 Å². The van der Waals surface area contributed by atoms with E-state index in [1.165, 1.54) is 0 Å². The molecule has 0 spiro atoms. The van der Waals surface area contributed by atoms with Gasteiger partial charge in [-0.05, 0) is 60.5 Å². The maximum absolute atomic E-state index is 6.26. The Morgan fingerprint density at radius 1 is 0.900 bits per heavy atom. The van der Waals surface area contributed by atoms with Crippen molar-refractivity contribution in [3.63, 3.8) is 0 Å². The van der Waals surface area contributed by atoms with Gasteiger partial charge in [-0.15, -0.1) is 11.3 Å². The third-order valence-corrected chi connectivity index (χ3v) is 6.48. The molecule has 2 heterocycles. The molecule has 0 aliphatic rings. The van der Waals surface area contributed by atoms with Gasteiger partial charge < -0.3 is 0 Å². The zero-order chi connectivity index (χ0) is 20.7. The van der Waals surface area contributed by atoms with E-state index >= 15 is 0 Å². The lowest BCUT2D eigenvalue weighted by atomic mass is 9.91. The number of fused-ring (bicyclic) bond motifs is 1. The van der Waals surface area contributed by atoms with E-state index in [2.05, 4.69) is 39.9 Å². The Kier molecular flexibility index (Phi) is 5.07. The van der Waals surface area contributed by atoms with Crippen LogP contribution in [0.2, 0.25) is 10.0 Å². The van der Waals surface area contributed by atoms with Crippen molar-refractivity contribution in [3.8, 4) is 5.69 Å². The lowest BCUT2D eigenvalue weighted by Gasteiger charge is -2.17. The number of aryl methyl sites for hydroxylation is 1. The topological polar surface area (TPSA) is 30.7 Å². The number of halogens is 2. The highest BCUT2D eigenvalue weighted by molar-refractivity contribution is 7.09. The summed E-state index contributed by atoms with van der Waals surface area (Å²) in [5, 5.41) is 4.48. The van der Waals surface area contributed by atoms with Crippen molar-refractivity contribution in [1.82, 2.24) is 14.5 Å². The number of hydrogen-bond acceptors (Lipinski definition) is 3. The summed E-state index contributed by atoms with van der Waals surface area (Å²) in [4.78, 5) is 9.37. The van der Waals surface area contributed by atoms with Crippen molar-refractivity contribution < 1.29 is 0 Å². The number of benzene rings is 3. The van der Waals surface area contributed by atoms with Gasteiger partial charge in [0.1, 0.15) is 10.8 Å². The molecular formula is C24H17Cl2N3S. The van der Waals surface area contributed by atoms with E-state index in [0.29, 0.717) is 5.02 Å². The van der Waals surface area contributed by atoms with Gasteiger partial charge in [0, 0.05) is 27.3 Å². The molecule has 0 radical (unpaired) electrons. The summed E-state index contributed by atoms with van der Waals surface area (Å²) in [6, 6.07) is 22.2. The van der Waals surface area contributed by atoms with Gasteiger partial charge in [0.2, 0.25) is 0 Å². The van der Waals surface area contributed by atoms with Crippen molar-refractivity contribution in [2.24, 2.45) is 0 Å². The Morgan fingerprint density at radius 2 is 1.70 bits per heavy atom. The van der Waals surface area contributed by atoms with Crippen LogP contribution < -0.4 is 0 Å². The monoisotopic (exact) mass is 449 g/mol. The average Bonchev–Trinajstić information content (AvgIpc) is 3.37. The van der Waals surface area contributed by atoms with Crippen LogP contribution in [-0.4, -0.2) is 14.5 Å². The van der Waals surface area contributed by atoms with Crippen LogP contribution in [0.25, 0.3) is 16.7 Å². The fraction of sp³-hybridized carbons (Fsp3) is 0.0833. The number of hydrogen-bond donors (Lipinski definition) is 0. The van der Waals surface area contributed by atoms with Crippen LogP contribution in [0.15, 0.2) is 78.3 Å². The van der Waals surface area contributed by atoms with Gasteiger partial charge in [-0.3, -0.25) is 4.57 Å². The molecule has 0 bridgehead atoms. The van der Waals surface area contributed by atoms with E-state index in [1.807, 2.05) is 54.9 Å². The first-order chi connectivity index (χ1) is 14.6. The fourth-order valence-electron chi connectivity index (χ4n) is 3.84. The van der Waals surface area contributed by atoms with E-state index in [9.17, 15) is 0 Å². The molecule has 5 rings (SSSR count). The lowest BCUT2D eigenvalue weighted by Crippen LogP contribution is -2.04. The third kappa shape index (κ3) is 3.52. The van der Waals surface area contributed by atoms with E-state index in [1.54, 1.807) is 11.3 Å². The first-order valence-corrected chi connectivity index (χ1v) is 11.1. The lowest BCUT2D eigenvalue weighted by molar-refractivity contribution is 0.954. The van der Waals surface area contributed by atoms with E-state index in [0.717, 1.165) is 43.7 Å². The molecule has 0 saturated heterocycles. The molecule has 148 valence electrons. The molecule has 3 nitrogen and oxygen atoms in total. The second kappa shape index (κ2) is 7.88. The second-order valence-electron chi connectivity index (χ2n) is 7.08. The number of rotatable bonds is 4. The maximum Gasteiger partial charge on any atom is 0.111 e. The zero-order valence-corrected chi connectivity index (χ0v) is 18.4. The van der Waals surface area contributed by atoms with Crippen LogP contribution in [0.3, 0.4) is 0 Å². The predicted molar refractivity (Wildman–Crippen MR) is 125 cm³/mol. The SMILES string of the molecule is Cc1nc2ccc(C(c3ccc(Cl)cc3)c3nccs3)cc2n1-c1cccc(Cl)c1. The summed E-state index contributed by atoms with van der Waals surface area (Å²) >= 11 is 14.0. The average molecular weight is 450 g/mol. The molecule has 2 aromatic heterocycles. The van der Waals surface area contributed by atoms with Gasteiger partial charge in [-0.25, -0.2) is 9.97 Å². The molecule has 0 N–H and O–H groups in total. The molecule has 1 unspecified atom stereocenters. The Balaban J connectivity index is 1.71. The smallest absolute Gasteiger partial charge is 0.111 e. The molecule has 0 aliphatic heterocycles. The maximum atomic E-state index is 6.26. The molecule has 3 aromatic carbocycles. The van der Waals surface area contributed by atoms with Crippen LogP contribution in [0.1, 0.15) is 27.9 Å². The number of imidazole rings is 1. The van der Waals surface area contributed by atoms with Crippen LogP contribution in [0, 0.1) is 6.92 Å². The molecule has 0 amide bonds. The summed E-state index contributed by atoms with van der Waals surface area (Å²) in [5.74, 6) is 0.941. The molecule has 5 aromatic rings. The highest BCUT2D eigenvalue weighted by atomic mass is 35.5. The third-order valence-electron chi connectivity index (χ3n) is 5.15. The number of aromatic nitrogens is 3. The highest BCUT2D eigenvalue weighted by Crippen LogP contribution is 2.35. The predicted octanol–water partition coefficient (Wildman–Crippen LogP) is 7.28. The van der Waals surface area contributed by atoms with Gasteiger partial charge in [0.05, 0.1) is 17.0 Å². The van der Waals surface area contributed by atoms with Crippen LogP contribution >= 0.6 is 34.5 Å². The van der Waals surface area contributed by atoms with Gasteiger partial charge >= 0.3 is 0 Å². The standard InChI is InChI=1S/C24H17Cl2N3S/c1-15-28-21-10-7-17(13-22(21)29(15)20-4-2-3-19(26)14-20)23(24-27-11-12-30-24)16-5-8-18(25)9-6-16/h2-14,23H,1H3. The Bertz CT molecular complexity index is 1320. The number of nitrogens with zero attached hydrogens (tertiary/aromatic N) is 3. The highest BCUT2D eigenvalue weighted by Gasteiger charge is 2.21. The first-order valence-electron chi connectivity index (χ1n) is 9.50. The van der Waals surface area contributed by atoms with E-state index in [-0.39, 0.29) is 5.92 Å². The normalized spacial score (nSPS) is 12.4. The quantitative estimate of drug-likeness (QED) is 0.288. The van der Waals surface area contributed by atoms with Crippen molar-refractivity contribution >= 4 is 45.6 Å². The summed E-state index contributed by atoms with van der Waals surface area (Å²) in [5.41, 5.74) is 5.30. The molecule has 1 atom stereocenters. The fourth-order valence-corrected chi connectivity index (χ4v) is 4.94. The first kappa shape index (κ1) is 19.3. The van der Waals surface area contributed by atoms with Crippen LogP contribution in [-0.2, 0) is 0 Å². The van der Waals surface area contributed by atoms with Crippen molar-refractivity contribution in [3.05, 3.63) is 110 Å². The minimum Gasteiger partial charge on any atom is -0.296 e. The zero-order valence-electron chi connectivity index (χ0n) is 16.1. The Morgan fingerprint density at radius 3 is 2.43 bits per heavy atom.